The maximum atomic E-state index is 13.5. The number of benzene rings is 1. The van der Waals surface area contributed by atoms with E-state index in [2.05, 4.69) is 5.32 Å². The number of nitrogens with one attached hydrogen (secondary N) is 1. The third kappa shape index (κ3) is 2.25. The highest BCUT2D eigenvalue weighted by atomic mass is 19.1. The Bertz CT molecular complexity index is 414. The summed E-state index contributed by atoms with van der Waals surface area (Å²) in [5.74, 6) is -1.19. The first-order chi connectivity index (χ1) is 8.10. The first kappa shape index (κ1) is 12.3. The molecular formula is C12H15F2NO2. The molecule has 0 aromatic heterocycles. The summed E-state index contributed by atoms with van der Waals surface area (Å²) < 4.78 is 37.1. The van der Waals surface area contributed by atoms with Crippen LogP contribution in [0.2, 0.25) is 0 Å². The summed E-state index contributed by atoms with van der Waals surface area (Å²) in [6.07, 6.45) is 0.425. The van der Waals surface area contributed by atoms with Crippen molar-refractivity contribution in [2.75, 3.05) is 27.3 Å². The molecule has 1 heterocycles. The Morgan fingerprint density at radius 1 is 1.29 bits per heavy atom. The van der Waals surface area contributed by atoms with Crippen molar-refractivity contribution in [3.8, 4) is 5.75 Å². The quantitative estimate of drug-likeness (QED) is 0.869. The summed E-state index contributed by atoms with van der Waals surface area (Å²) in [7, 11) is 2.97. The van der Waals surface area contributed by atoms with Crippen LogP contribution in [0.3, 0.4) is 0 Å². The predicted molar refractivity (Wildman–Crippen MR) is 59.2 cm³/mol. The largest absolute Gasteiger partial charge is 0.493 e. The molecule has 0 saturated carbocycles. The van der Waals surface area contributed by atoms with E-state index in [1.165, 1.54) is 13.2 Å². The smallest absolute Gasteiger partial charge is 0.168 e. The van der Waals surface area contributed by atoms with Crippen molar-refractivity contribution in [3.63, 3.8) is 0 Å². The number of hydrogen-bond donors (Lipinski definition) is 1. The molecule has 0 radical (unpaired) electrons. The van der Waals surface area contributed by atoms with Crippen LogP contribution in [0.4, 0.5) is 8.78 Å². The van der Waals surface area contributed by atoms with Gasteiger partial charge in [0.1, 0.15) is 5.82 Å². The molecule has 1 aliphatic rings. The Morgan fingerprint density at radius 2 is 2.00 bits per heavy atom. The topological polar surface area (TPSA) is 30.5 Å². The van der Waals surface area contributed by atoms with Crippen LogP contribution in [0.1, 0.15) is 5.56 Å². The van der Waals surface area contributed by atoms with Crippen molar-refractivity contribution in [3.05, 3.63) is 29.3 Å². The molecule has 1 N–H and O–H groups in total. The third-order valence-electron chi connectivity index (χ3n) is 3.13. The molecule has 2 rings (SSSR count). The van der Waals surface area contributed by atoms with E-state index in [0.717, 1.165) is 6.07 Å². The molecule has 0 amide bonds. The molecule has 94 valence electrons. The van der Waals surface area contributed by atoms with Crippen LogP contribution in [0.25, 0.3) is 0 Å². The second-order valence-electron chi connectivity index (χ2n) is 4.25. The number of methoxy groups -OCH3 is 2. The van der Waals surface area contributed by atoms with Crippen LogP contribution in [-0.2, 0) is 11.2 Å². The lowest BCUT2D eigenvalue weighted by Crippen LogP contribution is -2.61. The van der Waals surface area contributed by atoms with Gasteiger partial charge in [-0.05, 0) is 6.07 Å². The minimum Gasteiger partial charge on any atom is -0.493 e. The van der Waals surface area contributed by atoms with Gasteiger partial charge in [-0.25, -0.2) is 8.78 Å². The van der Waals surface area contributed by atoms with Gasteiger partial charge in [0, 0.05) is 38.2 Å². The number of ether oxygens (including phenoxy) is 2. The van der Waals surface area contributed by atoms with E-state index >= 15 is 0 Å². The molecule has 5 heteroatoms. The normalized spacial score (nSPS) is 17.6. The molecule has 1 aromatic carbocycles. The third-order valence-corrected chi connectivity index (χ3v) is 3.13. The lowest BCUT2D eigenvalue weighted by Gasteiger charge is -2.41. The van der Waals surface area contributed by atoms with Crippen LogP contribution in [-0.4, -0.2) is 32.9 Å². The minimum atomic E-state index is -0.680. The van der Waals surface area contributed by atoms with Gasteiger partial charge in [0.15, 0.2) is 11.6 Å². The Labute approximate surface area is 98.7 Å². The summed E-state index contributed by atoms with van der Waals surface area (Å²) in [5, 5.41) is 3.09. The first-order valence-corrected chi connectivity index (χ1v) is 5.38. The molecule has 0 unspecified atom stereocenters. The van der Waals surface area contributed by atoms with Gasteiger partial charge in [-0.1, -0.05) is 0 Å². The van der Waals surface area contributed by atoms with Gasteiger partial charge >= 0.3 is 0 Å². The zero-order chi connectivity index (χ0) is 12.5. The average molecular weight is 243 g/mol. The van der Waals surface area contributed by atoms with Gasteiger partial charge in [-0.2, -0.15) is 0 Å². The number of halogens is 2. The molecule has 0 aliphatic carbocycles. The summed E-state index contributed by atoms with van der Waals surface area (Å²) in [6.45, 7) is 1.34. The Hall–Kier alpha value is -1.20. The minimum absolute atomic E-state index is 0.0923. The number of rotatable bonds is 4. The van der Waals surface area contributed by atoms with Gasteiger partial charge in [-0.15, -0.1) is 0 Å². The molecule has 0 bridgehead atoms. The summed E-state index contributed by atoms with van der Waals surface area (Å²) in [5.41, 5.74) is 0.112. The molecule has 1 fully saturated rings. The van der Waals surface area contributed by atoms with Crippen molar-refractivity contribution < 1.29 is 18.3 Å². The van der Waals surface area contributed by atoms with E-state index < -0.39 is 11.6 Å². The van der Waals surface area contributed by atoms with Crippen LogP contribution in [0.5, 0.6) is 5.75 Å². The first-order valence-electron chi connectivity index (χ1n) is 5.38. The fraction of sp³-hybridized carbons (Fsp3) is 0.500. The molecule has 1 aromatic rings. The van der Waals surface area contributed by atoms with Gasteiger partial charge in [0.2, 0.25) is 0 Å². The van der Waals surface area contributed by atoms with E-state index in [-0.39, 0.29) is 11.4 Å². The fourth-order valence-corrected chi connectivity index (χ4v) is 2.07. The second-order valence-corrected chi connectivity index (χ2v) is 4.25. The van der Waals surface area contributed by atoms with Crippen molar-refractivity contribution >= 4 is 0 Å². The highest BCUT2D eigenvalue weighted by Gasteiger charge is 2.38. The van der Waals surface area contributed by atoms with Crippen molar-refractivity contribution in [2.45, 2.75) is 12.0 Å². The lowest BCUT2D eigenvalue weighted by molar-refractivity contribution is -0.0506. The standard InChI is InChI=1S/C12H15F2NO2/c1-16-11-8(3-9(13)4-10(11)14)5-12(17-2)6-15-7-12/h3-4,15H,5-7H2,1-2H3. The van der Waals surface area contributed by atoms with Gasteiger partial charge < -0.3 is 14.8 Å². The van der Waals surface area contributed by atoms with E-state index in [1.807, 2.05) is 0 Å². The molecule has 1 aliphatic heterocycles. The molecular weight excluding hydrogens is 228 g/mol. The number of hydrogen-bond acceptors (Lipinski definition) is 3. The zero-order valence-electron chi connectivity index (χ0n) is 9.85. The summed E-state index contributed by atoms with van der Waals surface area (Å²) in [4.78, 5) is 0. The van der Waals surface area contributed by atoms with Crippen molar-refractivity contribution in [1.82, 2.24) is 5.32 Å². The lowest BCUT2D eigenvalue weighted by atomic mass is 9.88. The molecule has 17 heavy (non-hydrogen) atoms. The Morgan fingerprint density at radius 3 is 2.47 bits per heavy atom. The molecule has 1 saturated heterocycles. The SMILES string of the molecule is COc1c(F)cc(F)cc1CC1(OC)CNC1. The van der Waals surface area contributed by atoms with E-state index in [0.29, 0.717) is 25.1 Å². The zero-order valence-corrected chi connectivity index (χ0v) is 9.85. The van der Waals surface area contributed by atoms with E-state index in [1.54, 1.807) is 7.11 Å². The predicted octanol–water partition coefficient (Wildman–Crippen LogP) is 1.50. The molecule has 3 nitrogen and oxygen atoms in total. The Kier molecular flexibility index (Phi) is 3.31. The summed E-state index contributed by atoms with van der Waals surface area (Å²) >= 11 is 0. The molecule has 0 spiro atoms. The summed E-state index contributed by atoms with van der Waals surface area (Å²) in [6, 6.07) is 2.11. The van der Waals surface area contributed by atoms with Crippen LogP contribution < -0.4 is 10.1 Å². The average Bonchev–Trinajstić information content (AvgIpc) is 2.23. The second kappa shape index (κ2) is 4.58. The fourth-order valence-electron chi connectivity index (χ4n) is 2.07. The highest BCUT2D eigenvalue weighted by molar-refractivity contribution is 5.37. The van der Waals surface area contributed by atoms with Crippen LogP contribution >= 0.6 is 0 Å². The van der Waals surface area contributed by atoms with Gasteiger partial charge in [-0.3, -0.25) is 0 Å². The highest BCUT2D eigenvalue weighted by Crippen LogP contribution is 2.30. The van der Waals surface area contributed by atoms with Gasteiger partial charge in [0.25, 0.3) is 0 Å². The van der Waals surface area contributed by atoms with Crippen molar-refractivity contribution in [2.24, 2.45) is 0 Å². The van der Waals surface area contributed by atoms with Gasteiger partial charge in [0.05, 0.1) is 12.7 Å². The van der Waals surface area contributed by atoms with E-state index in [9.17, 15) is 8.78 Å². The van der Waals surface area contributed by atoms with Crippen LogP contribution in [0, 0.1) is 11.6 Å². The van der Waals surface area contributed by atoms with Crippen molar-refractivity contribution in [1.29, 1.82) is 0 Å². The maximum Gasteiger partial charge on any atom is 0.168 e. The maximum absolute atomic E-state index is 13.5. The monoisotopic (exact) mass is 243 g/mol. The molecule has 0 atom stereocenters. The Balaban J connectivity index is 2.31. The van der Waals surface area contributed by atoms with E-state index in [4.69, 9.17) is 9.47 Å². The van der Waals surface area contributed by atoms with Crippen LogP contribution in [0.15, 0.2) is 12.1 Å².